The van der Waals surface area contributed by atoms with E-state index in [1.54, 1.807) is 0 Å². The van der Waals surface area contributed by atoms with Gasteiger partial charge in [-0.15, -0.1) is 11.3 Å². The average Bonchev–Trinajstić information content (AvgIpc) is 2.85. The van der Waals surface area contributed by atoms with E-state index in [9.17, 15) is 9.59 Å². The van der Waals surface area contributed by atoms with Crippen LogP contribution in [-0.2, 0) is 13.0 Å². The molecule has 0 fully saturated rings. The minimum absolute atomic E-state index is 0.0251. The van der Waals surface area contributed by atoms with Gasteiger partial charge in [-0.05, 0) is 57.4 Å². The fourth-order valence-corrected chi connectivity index (χ4v) is 5.28. The quantitative estimate of drug-likeness (QED) is 0.806. The van der Waals surface area contributed by atoms with Crippen LogP contribution in [0, 0.1) is 6.92 Å². The first-order valence-corrected chi connectivity index (χ1v) is 11.0. The molecule has 1 amide bonds. The maximum absolute atomic E-state index is 13.0. The molecule has 27 heavy (non-hydrogen) atoms. The third-order valence-electron chi connectivity index (χ3n) is 5.73. The lowest BCUT2D eigenvalue weighted by Crippen LogP contribution is -2.25. The Balaban J connectivity index is 1.56. The van der Waals surface area contributed by atoms with E-state index in [0.29, 0.717) is 21.6 Å². The Bertz CT molecular complexity index is 954. The van der Waals surface area contributed by atoms with Crippen LogP contribution >= 0.6 is 11.3 Å². The molecular weight excluding hydrogens is 358 g/mol. The first kappa shape index (κ1) is 18.4. The largest absolute Gasteiger partial charge is 0.351 e. The van der Waals surface area contributed by atoms with Gasteiger partial charge in [0.2, 0.25) is 0 Å². The van der Waals surface area contributed by atoms with E-state index in [0.717, 1.165) is 56.5 Å². The molecule has 0 aromatic carbocycles. The molecule has 1 aliphatic heterocycles. The summed E-state index contributed by atoms with van der Waals surface area (Å²) in [6.45, 7) is 3.27. The summed E-state index contributed by atoms with van der Waals surface area (Å²) < 4.78 is 1.83. The van der Waals surface area contributed by atoms with Gasteiger partial charge >= 0.3 is 0 Å². The van der Waals surface area contributed by atoms with Crippen LogP contribution in [0.5, 0.6) is 0 Å². The lowest BCUT2D eigenvalue weighted by molar-refractivity contribution is 0.0957. The number of nitrogens with one attached hydrogen (secondary N) is 1. The molecule has 2 aromatic heterocycles. The van der Waals surface area contributed by atoms with Crippen LogP contribution < -0.4 is 10.9 Å². The Kier molecular flexibility index (Phi) is 5.43. The van der Waals surface area contributed by atoms with E-state index >= 15 is 0 Å². The van der Waals surface area contributed by atoms with Crippen molar-refractivity contribution in [3.63, 3.8) is 0 Å². The Morgan fingerprint density at radius 2 is 2.07 bits per heavy atom. The predicted octanol–water partition coefficient (Wildman–Crippen LogP) is 4.11. The number of aryl methyl sites for hydroxylation is 2. The van der Waals surface area contributed by atoms with Gasteiger partial charge in [0.05, 0.1) is 10.3 Å². The highest BCUT2D eigenvalue weighted by Gasteiger charge is 2.22. The van der Waals surface area contributed by atoms with Gasteiger partial charge in [0.1, 0.15) is 10.7 Å². The molecule has 0 spiro atoms. The van der Waals surface area contributed by atoms with Crippen molar-refractivity contribution in [2.24, 2.45) is 0 Å². The summed E-state index contributed by atoms with van der Waals surface area (Å²) in [7, 11) is 0. The van der Waals surface area contributed by atoms with Crippen molar-refractivity contribution < 1.29 is 4.79 Å². The fourth-order valence-electron chi connectivity index (χ4n) is 4.18. The molecule has 0 unspecified atom stereocenters. The topological polar surface area (TPSA) is 64.0 Å². The zero-order chi connectivity index (χ0) is 18.8. The normalized spacial score (nSPS) is 17.3. The van der Waals surface area contributed by atoms with Crippen LogP contribution in [0.15, 0.2) is 16.4 Å². The van der Waals surface area contributed by atoms with Crippen molar-refractivity contribution in [1.82, 2.24) is 14.9 Å². The van der Waals surface area contributed by atoms with Crippen molar-refractivity contribution in [1.29, 1.82) is 0 Å². The van der Waals surface area contributed by atoms with Crippen LogP contribution in [0.25, 0.3) is 10.2 Å². The smallest absolute Gasteiger partial charge is 0.262 e. The number of allylic oxidation sites excluding steroid dienone is 1. The number of aromatic nitrogens is 2. The first-order valence-electron chi connectivity index (χ1n) is 10.1. The van der Waals surface area contributed by atoms with E-state index in [1.807, 2.05) is 11.5 Å². The van der Waals surface area contributed by atoms with E-state index < -0.39 is 0 Å². The lowest BCUT2D eigenvalue weighted by atomic mass is 9.97. The Morgan fingerprint density at radius 3 is 2.89 bits per heavy atom. The Labute approximate surface area is 163 Å². The highest BCUT2D eigenvalue weighted by Crippen LogP contribution is 2.28. The molecule has 3 heterocycles. The van der Waals surface area contributed by atoms with E-state index in [1.165, 1.54) is 36.2 Å². The van der Waals surface area contributed by atoms with Crippen LogP contribution in [0.3, 0.4) is 0 Å². The molecule has 5 nitrogen and oxygen atoms in total. The molecule has 2 aliphatic rings. The number of carbonyl (C=O) groups excluding carboxylic acids is 1. The standard InChI is InChI=1S/C21H27N3O2S/c1-14-17-20(23-16-10-6-3-7-13-24(16)21(17)26)27-18(14)19(25)22-12-11-15-8-4-2-5-9-15/h8H,2-7,9-13H2,1H3,(H,22,25). The maximum atomic E-state index is 13.0. The number of fused-ring (bicyclic) bond motifs is 2. The molecule has 0 bridgehead atoms. The Morgan fingerprint density at radius 1 is 1.22 bits per heavy atom. The number of amides is 1. The zero-order valence-electron chi connectivity index (χ0n) is 16.0. The number of nitrogens with zero attached hydrogens (tertiary/aromatic N) is 2. The van der Waals surface area contributed by atoms with Crippen molar-refractivity contribution in [2.75, 3.05) is 6.54 Å². The number of rotatable bonds is 4. The van der Waals surface area contributed by atoms with Gasteiger partial charge in [-0.3, -0.25) is 14.2 Å². The van der Waals surface area contributed by atoms with Crippen molar-refractivity contribution in [3.8, 4) is 0 Å². The van der Waals surface area contributed by atoms with E-state index in [-0.39, 0.29) is 11.5 Å². The van der Waals surface area contributed by atoms with Crippen molar-refractivity contribution in [3.05, 3.63) is 38.3 Å². The minimum atomic E-state index is -0.0773. The van der Waals surface area contributed by atoms with Gasteiger partial charge in [0, 0.05) is 19.5 Å². The molecule has 4 rings (SSSR count). The van der Waals surface area contributed by atoms with Crippen molar-refractivity contribution in [2.45, 2.75) is 71.3 Å². The van der Waals surface area contributed by atoms with Gasteiger partial charge < -0.3 is 5.32 Å². The third-order valence-corrected chi connectivity index (χ3v) is 6.92. The first-order chi connectivity index (χ1) is 13.1. The fraction of sp³-hybridized carbons (Fsp3) is 0.571. The third kappa shape index (κ3) is 3.72. The summed E-state index contributed by atoms with van der Waals surface area (Å²) in [5.41, 5.74) is 2.26. The van der Waals surface area contributed by atoms with Gasteiger partial charge in [0.15, 0.2) is 0 Å². The van der Waals surface area contributed by atoms with Gasteiger partial charge in [-0.2, -0.15) is 0 Å². The van der Waals surface area contributed by atoms with Crippen LogP contribution in [0.4, 0.5) is 0 Å². The summed E-state index contributed by atoms with van der Waals surface area (Å²) in [6, 6.07) is 0. The zero-order valence-corrected chi connectivity index (χ0v) is 16.8. The molecule has 0 radical (unpaired) electrons. The summed E-state index contributed by atoms with van der Waals surface area (Å²) in [5, 5.41) is 3.67. The second kappa shape index (κ2) is 7.97. The molecule has 1 N–H and O–H groups in total. The van der Waals surface area contributed by atoms with Gasteiger partial charge in [-0.25, -0.2) is 4.98 Å². The molecule has 2 aromatic rings. The number of hydrogen-bond acceptors (Lipinski definition) is 4. The summed E-state index contributed by atoms with van der Waals surface area (Å²) >= 11 is 1.36. The molecule has 144 valence electrons. The molecule has 0 saturated carbocycles. The molecule has 1 aliphatic carbocycles. The van der Waals surface area contributed by atoms with Crippen LogP contribution in [0.1, 0.15) is 72.4 Å². The number of carbonyl (C=O) groups is 1. The SMILES string of the molecule is Cc1c(C(=O)NCCC2=CCCCC2)sc2nc3n(c(=O)c12)CCCCC3. The van der Waals surface area contributed by atoms with Crippen molar-refractivity contribution >= 4 is 27.5 Å². The van der Waals surface area contributed by atoms with Crippen LogP contribution in [0.2, 0.25) is 0 Å². The molecule has 0 atom stereocenters. The summed E-state index contributed by atoms with van der Waals surface area (Å²) in [4.78, 5) is 31.8. The summed E-state index contributed by atoms with van der Waals surface area (Å²) in [5.74, 6) is 0.800. The van der Waals surface area contributed by atoms with E-state index in [4.69, 9.17) is 4.98 Å². The van der Waals surface area contributed by atoms with Crippen LogP contribution in [-0.4, -0.2) is 22.0 Å². The van der Waals surface area contributed by atoms with E-state index in [2.05, 4.69) is 11.4 Å². The highest BCUT2D eigenvalue weighted by molar-refractivity contribution is 7.20. The average molecular weight is 386 g/mol. The summed E-state index contributed by atoms with van der Waals surface area (Å²) in [6.07, 6.45) is 12.2. The molecular formula is C21H27N3O2S. The Hall–Kier alpha value is -1.95. The second-order valence-corrected chi connectivity index (χ2v) is 8.64. The second-order valence-electron chi connectivity index (χ2n) is 7.65. The van der Waals surface area contributed by atoms with Gasteiger partial charge in [0.25, 0.3) is 11.5 Å². The maximum Gasteiger partial charge on any atom is 0.262 e. The lowest BCUT2D eigenvalue weighted by Gasteiger charge is -2.12. The molecule has 0 saturated heterocycles. The predicted molar refractivity (Wildman–Crippen MR) is 110 cm³/mol. The monoisotopic (exact) mass is 385 g/mol. The number of hydrogen-bond donors (Lipinski definition) is 1. The molecule has 6 heteroatoms. The van der Waals surface area contributed by atoms with Gasteiger partial charge in [-0.1, -0.05) is 18.1 Å². The minimum Gasteiger partial charge on any atom is -0.351 e. The number of thiophene rings is 1. The highest BCUT2D eigenvalue weighted by atomic mass is 32.1.